The van der Waals surface area contributed by atoms with E-state index in [2.05, 4.69) is 19.2 Å². The summed E-state index contributed by atoms with van der Waals surface area (Å²) in [5.41, 5.74) is 0. The van der Waals surface area contributed by atoms with Gasteiger partial charge in [0.2, 0.25) is 5.91 Å². The number of aliphatic carboxylic acids is 1. The Hall–Kier alpha value is -1.59. The lowest BCUT2D eigenvalue weighted by Crippen LogP contribution is -2.28. The fourth-order valence-corrected chi connectivity index (χ4v) is 4.69. The van der Waals surface area contributed by atoms with E-state index in [1.807, 2.05) is 0 Å². The number of amides is 1. The summed E-state index contributed by atoms with van der Waals surface area (Å²) >= 11 is 0. The van der Waals surface area contributed by atoms with Crippen LogP contribution in [0.1, 0.15) is 168 Å². The van der Waals surface area contributed by atoms with E-state index in [1.54, 1.807) is 0 Å². The molecule has 0 aromatic heterocycles. The van der Waals surface area contributed by atoms with Crippen LogP contribution >= 0.6 is 0 Å². The molecule has 0 spiro atoms. The molecule has 0 aliphatic heterocycles. The second-order valence-corrected chi connectivity index (χ2v) is 10.7. The lowest BCUT2D eigenvalue weighted by Gasteiger charge is -2.18. The first-order valence-electron chi connectivity index (χ1n) is 15.7. The van der Waals surface area contributed by atoms with Gasteiger partial charge in [0.25, 0.3) is 0 Å². The van der Waals surface area contributed by atoms with Crippen LogP contribution in [0.25, 0.3) is 0 Å². The van der Waals surface area contributed by atoms with Gasteiger partial charge in [0.1, 0.15) is 12.6 Å². The van der Waals surface area contributed by atoms with Crippen molar-refractivity contribution in [2.24, 2.45) is 0 Å². The van der Waals surface area contributed by atoms with Crippen molar-refractivity contribution in [3.8, 4) is 0 Å². The van der Waals surface area contributed by atoms with E-state index >= 15 is 0 Å². The number of ether oxygens (including phenoxy) is 1. The van der Waals surface area contributed by atoms with Gasteiger partial charge in [-0.1, -0.05) is 117 Å². The van der Waals surface area contributed by atoms with E-state index in [4.69, 9.17) is 9.84 Å². The standard InChI is InChI=1S/C31H59NO5/c1-3-5-7-9-11-13-18-22-26-31(36)37-28(23-19-15-12-10-8-6-4-2)24-20-16-14-17-21-25-29(33)32-27-30(34)35/h28H,3-27H2,1-2H3,(H,32,33)(H,34,35). The Morgan fingerprint density at radius 3 is 1.46 bits per heavy atom. The molecule has 1 amide bonds. The molecule has 6 nitrogen and oxygen atoms in total. The zero-order valence-electron chi connectivity index (χ0n) is 24.3. The Morgan fingerprint density at radius 2 is 1.00 bits per heavy atom. The van der Waals surface area contributed by atoms with Crippen molar-refractivity contribution >= 4 is 17.8 Å². The lowest BCUT2D eigenvalue weighted by molar-refractivity contribution is -0.150. The van der Waals surface area contributed by atoms with Gasteiger partial charge in [0, 0.05) is 12.8 Å². The first-order valence-corrected chi connectivity index (χ1v) is 15.7. The third-order valence-corrected chi connectivity index (χ3v) is 7.03. The molecule has 0 aliphatic carbocycles. The molecule has 0 fully saturated rings. The molecule has 1 atom stereocenters. The smallest absolute Gasteiger partial charge is 0.322 e. The Kier molecular flexibility index (Phi) is 26.3. The van der Waals surface area contributed by atoms with Crippen LogP contribution in [0.3, 0.4) is 0 Å². The number of nitrogens with one attached hydrogen (secondary N) is 1. The summed E-state index contributed by atoms with van der Waals surface area (Å²) in [6, 6.07) is 0. The summed E-state index contributed by atoms with van der Waals surface area (Å²) in [4.78, 5) is 34.5. The Morgan fingerprint density at radius 1 is 0.595 bits per heavy atom. The second-order valence-electron chi connectivity index (χ2n) is 10.7. The van der Waals surface area contributed by atoms with Crippen molar-refractivity contribution in [2.45, 2.75) is 174 Å². The van der Waals surface area contributed by atoms with E-state index in [0.29, 0.717) is 12.8 Å². The van der Waals surface area contributed by atoms with Crippen molar-refractivity contribution in [2.75, 3.05) is 6.54 Å². The summed E-state index contributed by atoms with van der Waals surface area (Å²) in [6.07, 6.45) is 26.5. The molecule has 0 aromatic carbocycles. The number of carbonyl (C=O) groups is 3. The molecular weight excluding hydrogens is 466 g/mol. The molecule has 1 unspecified atom stereocenters. The number of hydrogen-bond donors (Lipinski definition) is 2. The van der Waals surface area contributed by atoms with E-state index in [-0.39, 0.29) is 24.5 Å². The van der Waals surface area contributed by atoms with Crippen LogP contribution in [0.4, 0.5) is 0 Å². The summed E-state index contributed by atoms with van der Waals surface area (Å²) in [6.45, 7) is 4.17. The van der Waals surface area contributed by atoms with Crippen molar-refractivity contribution in [1.82, 2.24) is 5.32 Å². The van der Waals surface area contributed by atoms with Crippen LogP contribution in [0.15, 0.2) is 0 Å². The van der Waals surface area contributed by atoms with Gasteiger partial charge in [-0.3, -0.25) is 14.4 Å². The van der Waals surface area contributed by atoms with E-state index in [1.165, 1.54) is 77.0 Å². The quantitative estimate of drug-likeness (QED) is 0.0789. The maximum atomic E-state index is 12.5. The van der Waals surface area contributed by atoms with Gasteiger partial charge >= 0.3 is 11.9 Å². The van der Waals surface area contributed by atoms with Crippen LogP contribution in [-0.4, -0.2) is 35.6 Å². The molecule has 2 N–H and O–H groups in total. The molecule has 6 heteroatoms. The van der Waals surface area contributed by atoms with Crippen molar-refractivity contribution in [3.05, 3.63) is 0 Å². The first-order chi connectivity index (χ1) is 18.0. The van der Waals surface area contributed by atoms with Gasteiger partial charge < -0.3 is 15.2 Å². The normalized spacial score (nSPS) is 11.8. The maximum Gasteiger partial charge on any atom is 0.322 e. The summed E-state index contributed by atoms with van der Waals surface area (Å²) in [5.74, 6) is -1.23. The van der Waals surface area contributed by atoms with Crippen molar-refractivity contribution in [3.63, 3.8) is 0 Å². The number of carbonyl (C=O) groups excluding carboxylic acids is 2. The average molecular weight is 526 g/mol. The zero-order valence-corrected chi connectivity index (χ0v) is 24.3. The number of unbranched alkanes of at least 4 members (excludes halogenated alkanes) is 17. The molecule has 0 saturated heterocycles. The zero-order chi connectivity index (χ0) is 27.4. The molecule has 0 radical (unpaired) electrons. The maximum absolute atomic E-state index is 12.5. The highest BCUT2D eigenvalue weighted by atomic mass is 16.5. The molecule has 218 valence electrons. The minimum Gasteiger partial charge on any atom is -0.480 e. The number of rotatable bonds is 28. The Labute approximate surface area is 228 Å². The molecule has 0 aliphatic rings. The van der Waals surface area contributed by atoms with Gasteiger partial charge in [0.05, 0.1) is 0 Å². The topological polar surface area (TPSA) is 92.7 Å². The lowest BCUT2D eigenvalue weighted by atomic mass is 10.0. The molecule has 0 rings (SSSR count). The van der Waals surface area contributed by atoms with Gasteiger partial charge in [-0.2, -0.15) is 0 Å². The second kappa shape index (κ2) is 27.4. The highest BCUT2D eigenvalue weighted by Crippen LogP contribution is 2.18. The molecule has 0 heterocycles. The predicted octanol–water partition coefficient (Wildman–Crippen LogP) is 8.50. The highest BCUT2D eigenvalue weighted by Gasteiger charge is 2.14. The predicted molar refractivity (Wildman–Crippen MR) is 153 cm³/mol. The molecule has 0 bridgehead atoms. The number of carboxylic acid groups (broad SMARTS) is 1. The Balaban J connectivity index is 4.11. The summed E-state index contributed by atoms with van der Waals surface area (Å²) < 4.78 is 5.92. The van der Waals surface area contributed by atoms with Crippen LogP contribution in [0.5, 0.6) is 0 Å². The molecule has 37 heavy (non-hydrogen) atoms. The van der Waals surface area contributed by atoms with E-state index in [9.17, 15) is 14.4 Å². The van der Waals surface area contributed by atoms with Crippen LogP contribution < -0.4 is 5.32 Å². The van der Waals surface area contributed by atoms with Gasteiger partial charge in [-0.25, -0.2) is 0 Å². The van der Waals surface area contributed by atoms with Crippen molar-refractivity contribution in [1.29, 1.82) is 0 Å². The van der Waals surface area contributed by atoms with Crippen molar-refractivity contribution < 1.29 is 24.2 Å². The Bertz CT molecular complexity index is 552. The summed E-state index contributed by atoms with van der Waals surface area (Å²) in [5, 5.41) is 11.0. The van der Waals surface area contributed by atoms with Gasteiger partial charge in [0.15, 0.2) is 0 Å². The highest BCUT2D eigenvalue weighted by molar-refractivity contribution is 5.80. The fourth-order valence-electron chi connectivity index (χ4n) is 4.69. The fraction of sp³-hybridized carbons (Fsp3) is 0.903. The number of hydrogen-bond acceptors (Lipinski definition) is 4. The third-order valence-electron chi connectivity index (χ3n) is 7.03. The molecular formula is C31H59NO5. The summed E-state index contributed by atoms with van der Waals surface area (Å²) in [7, 11) is 0. The van der Waals surface area contributed by atoms with Crippen LogP contribution in [-0.2, 0) is 19.1 Å². The van der Waals surface area contributed by atoms with E-state index in [0.717, 1.165) is 64.2 Å². The van der Waals surface area contributed by atoms with Gasteiger partial charge in [-0.05, 0) is 38.5 Å². The molecule has 0 saturated carbocycles. The third kappa shape index (κ3) is 27.3. The van der Waals surface area contributed by atoms with Crippen LogP contribution in [0.2, 0.25) is 0 Å². The number of esters is 1. The first kappa shape index (κ1) is 35.4. The average Bonchev–Trinajstić information content (AvgIpc) is 2.87. The van der Waals surface area contributed by atoms with E-state index < -0.39 is 5.97 Å². The largest absolute Gasteiger partial charge is 0.480 e. The van der Waals surface area contributed by atoms with Gasteiger partial charge in [-0.15, -0.1) is 0 Å². The van der Waals surface area contributed by atoms with Crippen LogP contribution in [0, 0.1) is 0 Å². The SMILES string of the molecule is CCCCCCCCCCC(=O)OC(CCCCCCCCC)CCCCCCCC(=O)NCC(=O)O. The number of carboxylic acids is 1. The minimum absolute atomic E-state index is 0.0219. The monoisotopic (exact) mass is 525 g/mol. The molecule has 0 aromatic rings. The minimum atomic E-state index is -1.02.